The van der Waals surface area contributed by atoms with Gasteiger partial charge in [-0.05, 0) is 128 Å². The molecule has 0 amide bonds. The third-order valence-electron chi connectivity index (χ3n) is 16.2. The van der Waals surface area contributed by atoms with Gasteiger partial charge in [-0.1, -0.05) is 278 Å². The summed E-state index contributed by atoms with van der Waals surface area (Å²) in [6, 6.07) is 0. The molecule has 0 saturated heterocycles. The summed E-state index contributed by atoms with van der Waals surface area (Å²) in [4.78, 5) is 72.9. The zero-order valence-electron chi connectivity index (χ0n) is 62.8. The van der Waals surface area contributed by atoms with Gasteiger partial charge in [-0.2, -0.15) is 0 Å². The van der Waals surface area contributed by atoms with Crippen LogP contribution in [0, 0.1) is 0 Å². The first-order chi connectivity index (χ1) is 48.7. The molecule has 0 aromatic heterocycles. The predicted octanol–water partition coefficient (Wildman–Crippen LogP) is 22.6. The van der Waals surface area contributed by atoms with E-state index >= 15 is 0 Å². The van der Waals surface area contributed by atoms with Crippen molar-refractivity contribution in [2.75, 3.05) is 39.6 Å². The lowest BCUT2D eigenvalue weighted by atomic mass is 10.1. The van der Waals surface area contributed by atoms with E-state index in [2.05, 4.69) is 137 Å². The van der Waals surface area contributed by atoms with E-state index in [4.69, 9.17) is 37.0 Å². The predicted molar refractivity (Wildman–Crippen MR) is 408 cm³/mol. The Hall–Kier alpha value is -4.28. The Balaban J connectivity index is 5.36. The van der Waals surface area contributed by atoms with Crippen molar-refractivity contribution in [3.8, 4) is 0 Å². The third kappa shape index (κ3) is 72.1. The highest BCUT2D eigenvalue weighted by molar-refractivity contribution is 7.47. The molecule has 0 aliphatic heterocycles. The Kier molecular flexibility index (Phi) is 69.9. The minimum atomic E-state index is -4.99. The van der Waals surface area contributed by atoms with Crippen molar-refractivity contribution in [2.45, 2.75) is 341 Å². The molecule has 5 unspecified atom stereocenters. The normalized spacial score (nSPS) is 14.5. The molecule has 17 nitrogen and oxygen atoms in total. The molecule has 0 saturated carbocycles. The van der Waals surface area contributed by atoms with Crippen LogP contribution < -0.4 is 0 Å². The largest absolute Gasteiger partial charge is 0.472 e. The summed E-state index contributed by atoms with van der Waals surface area (Å²) in [6.07, 6.45) is 77.9. The Bertz CT molecular complexity index is 2320. The zero-order chi connectivity index (χ0) is 73.2. The number of unbranched alkanes of at least 4 members (excludes halogenated alkanes) is 29. The quantitative estimate of drug-likeness (QED) is 0.0169. The third-order valence-corrected chi connectivity index (χ3v) is 18.1. The molecule has 0 radical (unpaired) electrons. The average Bonchev–Trinajstić information content (AvgIpc) is 1.05. The topological polar surface area (TPSA) is 237 Å². The Morgan fingerprint density at radius 3 is 0.860 bits per heavy atom. The molecule has 0 aliphatic rings. The average molecular weight is 1450 g/mol. The number of phosphoric acid groups is 2. The lowest BCUT2D eigenvalue weighted by molar-refractivity contribution is -0.161. The molecule has 5 atom stereocenters. The van der Waals surface area contributed by atoms with E-state index in [1.807, 2.05) is 0 Å². The van der Waals surface area contributed by atoms with Crippen molar-refractivity contribution in [3.05, 3.63) is 109 Å². The summed E-state index contributed by atoms with van der Waals surface area (Å²) in [5.74, 6) is -2.22. The number of hydrogen-bond acceptors (Lipinski definition) is 15. The van der Waals surface area contributed by atoms with E-state index < -0.39 is 97.5 Å². The number of ether oxygens (including phenoxy) is 4. The van der Waals surface area contributed by atoms with Crippen LogP contribution in [0.1, 0.15) is 323 Å². The van der Waals surface area contributed by atoms with Gasteiger partial charge < -0.3 is 33.8 Å². The minimum absolute atomic E-state index is 0.0627. The van der Waals surface area contributed by atoms with Crippen molar-refractivity contribution in [3.63, 3.8) is 0 Å². The molecule has 100 heavy (non-hydrogen) atoms. The van der Waals surface area contributed by atoms with Crippen LogP contribution in [-0.2, 0) is 65.4 Å². The fourth-order valence-electron chi connectivity index (χ4n) is 10.3. The molecule has 0 fully saturated rings. The zero-order valence-corrected chi connectivity index (χ0v) is 64.6. The Morgan fingerprint density at radius 1 is 0.290 bits per heavy atom. The monoisotopic (exact) mass is 1450 g/mol. The fourth-order valence-corrected chi connectivity index (χ4v) is 11.8. The van der Waals surface area contributed by atoms with Crippen molar-refractivity contribution in [1.29, 1.82) is 0 Å². The van der Waals surface area contributed by atoms with Crippen molar-refractivity contribution in [1.82, 2.24) is 0 Å². The van der Waals surface area contributed by atoms with Crippen molar-refractivity contribution < 1.29 is 80.2 Å². The van der Waals surface area contributed by atoms with E-state index in [-0.39, 0.29) is 25.7 Å². The van der Waals surface area contributed by atoms with Crippen molar-refractivity contribution in [2.24, 2.45) is 0 Å². The molecule has 0 aromatic carbocycles. The van der Waals surface area contributed by atoms with Gasteiger partial charge in [-0.3, -0.25) is 37.3 Å². The van der Waals surface area contributed by atoms with Gasteiger partial charge in [0.25, 0.3) is 0 Å². The van der Waals surface area contributed by atoms with E-state index in [1.54, 1.807) is 0 Å². The van der Waals surface area contributed by atoms with Crippen LogP contribution in [-0.4, -0.2) is 96.7 Å². The maximum Gasteiger partial charge on any atom is 0.472 e. The maximum absolute atomic E-state index is 13.1. The van der Waals surface area contributed by atoms with Gasteiger partial charge in [-0.25, -0.2) is 9.13 Å². The fraction of sp³-hybridized carbons (Fsp3) is 0.728. The number of esters is 4. The van der Waals surface area contributed by atoms with Crippen molar-refractivity contribution >= 4 is 39.5 Å². The van der Waals surface area contributed by atoms with Crippen LogP contribution in [0.5, 0.6) is 0 Å². The molecule has 576 valence electrons. The summed E-state index contributed by atoms with van der Waals surface area (Å²) in [6.45, 7) is 4.62. The number of aliphatic hydroxyl groups excluding tert-OH is 1. The highest BCUT2D eigenvalue weighted by Gasteiger charge is 2.30. The number of phosphoric ester groups is 2. The second-order valence-electron chi connectivity index (χ2n) is 25.9. The molecule has 0 rings (SSSR count). The minimum Gasteiger partial charge on any atom is -0.462 e. The molecule has 0 heterocycles. The number of rotatable bonds is 73. The molecular weight excluding hydrogens is 1310 g/mol. The highest BCUT2D eigenvalue weighted by Crippen LogP contribution is 2.45. The number of carbonyl (C=O) groups excluding carboxylic acids is 4. The summed E-state index contributed by atoms with van der Waals surface area (Å²) in [5.41, 5.74) is 0. The Morgan fingerprint density at radius 2 is 0.540 bits per heavy atom. The maximum atomic E-state index is 13.1. The van der Waals surface area contributed by atoms with Gasteiger partial charge in [0.05, 0.1) is 26.4 Å². The van der Waals surface area contributed by atoms with E-state index in [0.717, 1.165) is 186 Å². The summed E-state index contributed by atoms with van der Waals surface area (Å²) < 4.78 is 68.5. The standard InChI is InChI=1S/C81H140O17P2/c1-5-9-13-17-21-25-29-32-34-36-37-39-40-43-47-50-54-58-62-66-79(84)92-72-77(98-81(86)68-64-60-56-52-48-44-41-38-35-33-30-26-22-18-14-10-6-2)74-96-100(89,90)94-70-75(82)69-93-99(87,88)95-73-76(97-80(85)67-63-59-55-51-45-28-24-20-16-12-8-4)71-91-78(83)65-61-57-53-49-46-42-31-27-23-19-15-11-7-3/h10,14-15,19,21-22,25-27,31-35,37,39,41,44,75-77,82H,5-9,11-13,16-18,20,23-24,28-30,36,38,40,42-43,45-74H2,1-4H3,(H,87,88)(H,89,90)/b14-10-,19-15-,25-21-,26-22-,31-27-,34-32-,35-33-,39-37-,44-41-. The number of hydrogen-bond donors (Lipinski definition) is 3. The van der Waals surface area contributed by atoms with Crippen LogP contribution in [0.4, 0.5) is 0 Å². The second kappa shape index (κ2) is 73.0. The SMILES string of the molecule is CC/C=C\C/C=C\C/C=C\C/C=C\CCCCCCC(=O)OC(COC(=O)CCCCCCCC/C=C\C/C=C\C/C=C\CCCCC)COP(=O)(O)OCC(O)COP(=O)(O)OCC(COC(=O)CCCCCCC/C=C\C/C=C\CCC)OC(=O)CCCCCCCCCCCCC. The number of carbonyl (C=O) groups is 4. The lowest BCUT2D eigenvalue weighted by Crippen LogP contribution is -2.30. The van der Waals surface area contributed by atoms with Gasteiger partial charge in [0.2, 0.25) is 0 Å². The van der Waals surface area contributed by atoms with E-state index in [9.17, 15) is 43.2 Å². The van der Waals surface area contributed by atoms with Crippen LogP contribution in [0.15, 0.2) is 109 Å². The molecule has 0 aliphatic carbocycles. The second-order valence-corrected chi connectivity index (χ2v) is 28.8. The van der Waals surface area contributed by atoms with Crippen LogP contribution >= 0.6 is 15.6 Å². The van der Waals surface area contributed by atoms with Gasteiger partial charge >= 0.3 is 39.5 Å². The molecule has 0 spiro atoms. The first kappa shape index (κ1) is 95.7. The van der Waals surface area contributed by atoms with Crippen LogP contribution in [0.2, 0.25) is 0 Å². The first-order valence-corrected chi connectivity index (χ1v) is 42.1. The van der Waals surface area contributed by atoms with Crippen LogP contribution in [0.25, 0.3) is 0 Å². The molecule has 0 aromatic rings. The molecule has 19 heteroatoms. The number of allylic oxidation sites excluding steroid dienone is 18. The van der Waals surface area contributed by atoms with E-state index in [1.165, 1.54) is 57.8 Å². The summed E-state index contributed by atoms with van der Waals surface area (Å²) in [5, 5.41) is 10.6. The number of aliphatic hydroxyl groups is 1. The summed E-state index contributed by atoms with van der Waals surface area (Å²) >= 11 is 0. The Labute approximate surface area is 607 Å². The van der Waals surface area contributed by atoms with Gasteiger partial charge in [0.1, 0.15) is 19.3 Å². The molecule has 3 N–H and O–H groups in total. The summed E-state index contributed by atoms with van der Waals surface area (Å²) in [7, 11) is -9.96. The van der Waals surface area contributed by atoms with Gasteiger partial charge in [0.15, 0.2) is 12.2 Å². The smallest absolute Gasteiger partial charge is 0.462 e. The van der Waals surface area contributed by atoms with Gasteiger partial charge in [-0.15, -0.1) is 0 Å². The lowest BCUT2D eigenvalue weighted by Gasteiger charge is -2.21. The van der Waals surface area contributed by atoms with Crippen LogP contribution in [0.3, 0.4) is 0 Å². The molecular formula is C81H140O17P2. The molecule has 0 bridgehead atoms. The first-order valence-electron chi connectivity index (χ1n) is 39.1. The van der Waals surface area contributed by atoms with Gasteiger partial charge in [0, 0.05) is 25.7 Å². The highest BCUT2D eigenvalue weighted by atomic mass is 31.2. The van der Waals surface area contributed by atoms with E-state index in [0.29, 0.717) is 25.7 Å².